The quantitative estimate of drug-likeness (QED) is 0.603. The molecule has 1 aliphatic heterocycles. The summed E-state index contributed by atoms with van der Waals surface area (Å²) in [6.45, 7) is 4.80. The van der Waals surface area contributed by atoms with Gasteiger partial charge >= 0.3 is 12.3 Å². The summed E-state index contributed by atoms with van der Waals surface area (Å²) < 4.78 is 70.9. The lowest BCUT2D eigenvalue weighted by Gasteiger charge is -2.49. The largest absolute Gasteiger partial charge is 0.444 e. The molecule has 184 valence electrons. The maximum atomic E-state index is 14.0. The van der Waals surface area contributed by atoms with Crippen LogP contribution in [-0.2, 0) is 22.3 Å². The molecule has 2 aromatic rings. The van der Waals surface area contributed by atoms with E-state index in [0.29, 0.717) is 11.6 Å². The van der Waals surface area contributed by atoms with Gasteiger partial charge in [-0.15, -0.1) is 0 Å². The number of hydrogen-bond acceptors (Lipinski definition) is 4. The van der Waals surface area contributed by atoms with Crippen LogP contribution >= 0.6 is 0 Å². The van der Waals surface area contributed by atoms with Crippen molar-refractivity contribution in [1.82, 2.24) is 10.2 Å². The molecule has 1 aliphatic rings. The second kappa shape index (κ2) is 9.21. The van der Waals surface area contributed by atoms with E-state index in [0.717, 1.165) is 24.3 Å². The number of hydrogen-bond donors (Lipinski definition) is 2. The third-order valence-corrected chi connectivity index (χ3v) is 5.10. The molecule has 0 bridgehead atoms. The van der Waals surface area contributed by atoms with Crippen LogP contribution in [0.3, 0.4) is 0 Å². The average molecular weight is 485 g/mol. The first-order chi connectivity index (χ1) is 15.7. The number of anilines is 1. The third-order valence-electron chi connectivity index (χ3n) is 5.10. The first-order valence-corrected chi connectivity index (χ1v) is 10.3. The zero-order valence-electron chi connectivity index (χ0n) is 18.7. The van der Waals surface area contributed by atoms with E-state index in [1.165, 1.54) is 17.0 Å². The highest BCUT2D eigenvalue weighted by molar-refractivity contribution is 6.00. The third kappa shape index (κ3) is 6.02. The molecule has 0 radical (unpaired) electrons. The van der Waals surface area contributed by atoms with E-state index in [4.69, 9.17) is 4.74 Å². The van der Waals surface area contributed by atoms with Crippen LogP contribution in [0.15, 0.2) is 42.5 Å². The molecule has 0 spiro atoms. The highest BCUT2D eigenvalue weighted by Crippen LogP contribution is 2.30. The predicted molar refractivity (Wildman–Crippen MR) is 114 cm³/mol. The highest BCUT2D eigenvalue weighted by Gasteiger charge is 2.52. The van der Waals surface area contributed by atoms with E-state index in [-0.39, 0.29) is 25.3 Å². The van der Waals surface area contributed by atoms with Crippen molar-refractivity contribution in [3.05, 3.63) is 65.2 Å². The van der Waals surface area contributed by atoms with Crippen molar-refractivity contribution in [3.8, 4) is 0 Å². The van der Waals surface area contributed by atoms with Crippen molar-refractivity contribution >= 4 is 17.7 Å². The molecule has 34 heavy (non-hydrogen) atoms. The lowest BCUT2D eigenvalue weighted by Crippen LogP contribution is -2.75. The van der Waals surface area contributed by atoms with Gasteiger partial charge in [-0.25, -0.2) is 13.6 Å². The summed E-state index contributed by atoms with van der Waals surface area (Å²) in [5.74, 6) is -2.48. The SMILES string of the molecule is CC(C)(C)OC(=O)N1CC(NCc2ccc(C(F)(F)F)cc2)(C(=O)Nc2ccc(F)cc2F)C1. The van der Waals surface area contributed by atoms with Gasteiger partial charge in [0.1, 0.15) is 22.8 Å². The van der Waals surface area contributed by atoms with Gasteiger partial charge in [0.25, 0.3) is 0 Å². The standard InChI is InChI=1S/C23H24F5N3O3/c1-21(2,3)34-20(33)31-12-22(13-31,19(32)30-18-9-8-16(24)10-17(18)25)29-11-14-4-6-15(7-5-14)23(26,27)28/h4-10,29H,11-13H2,1-3H3,(H,30,32). The van der Waals surface area contributed by atoms with E-state index in [1.807, 2.05) is 0 Å². The summed E-state index contributed by atoms with van der Waals surface area (Å²) in [7, 11) is 0. The number of halogens is 5. The monoisotopic (exact) mass is 485 g/mol. The lowest BCUT2D eigenvalue weighted by molar-refractivity contribution is -0.137. The molecule has 1 saturated heterocycles. The number of carbonyl (C=O) groups excluding carboxylic acids is 2. The molecule has 1 fully saturated rings. The van der Waals surface area contributed by atoms with Gasteiger partial charge in [-0.1, -0.05) is 12.1 Å². The first-order valence-electron chi connectivity index (χ1n) is 10.3. The number of ether oxygens (including phenoxy) is 1. The van der Waals surface area contributed by atoms with Gasteiger partial charge in [0.2, 0.25) is 5.91 Å². The minimum absolute atomic E-state index is 0.000381. The van der Waals surface area contributed by atoms with Gasteiger partial charge in [0.15, 0.2) is 0 Å². The number of amides is 2. The Morgan fingerprint density at radius 1 is 1.03 bits per heavy atom. The summed E-state index contributed by atoms with van der Waals surface area (Å²) in [6.07, 6.45) is -5.13. The number of carbonyl (C=O) groups is 2. The molecule has 0 atom stereocenters. The van der Waals surface area contributed by atoms with Crippen LogP contribution in [0, 0.1) is 11.6 Å². The number of nitrogens with one attached hydrogen (secondary N) is 2. The van der Waals surface area contributed by atoms with Crippen LogP contribution in [0.2, 0.25) is 0 Å². The zero-order chi connectivity index (χ0) is 25.3. The summed E-state index contributed by atoms with van der Waals surface area (Å²) in [5, 5.41) is 5.35. The van der Waals surface area contributed by atoms with E-state index in [1.54, 1.807) is 20.8 Å². The van der Waals surface area contributed by atoms with Gasteiger partial charge in [-0.3, -0.25) is 10.1 Å². The Hall–Kier alpha value is -3.21. The van der Waals surface area contributed by atoms with Gasteiger partial charge in [0, 0.05) is 12.6 Å². The maximum absolute atomic E-state index is 14.0. The summed E-state index contributed by atoms with van der Waals surface area (Å²) in [5.41, 5.74) is -2.74. The minimum Gasteiger partial charge on any atom is -0.444 e. The summed E-state index contributed by atoms with van der Waals surface area (Å²) >= 11 is 0. The second-order valence-electron chi connectivity index (χ2n) is 9.05. The summed E-state index contributed by atoms with van der Waals surface area (Å²) in [4.78, 5) is 26.7. The van der Waals surface area contributed by atoms with E-state index in [9.17, 15) is 31.5 Å². The molecule has 11 heteroatoms. The van der Waals surface area contributed by atoms with Crippen molar-refractivity contribution in [2.24, 2.45) is 0 Å². The Kier molecular flexibility index (Phi) is 6.88. The lowest BCUT2D eigenvalue weighted by atomic mass is 9.88. The first kappa shape index (κ1) is 25.4. The number of nitrogens with zero attached hydrogens (tertiary/aromatic N) is 1. The number of rotatable bonds is 5. The Morgan fingerprint density at radius 2 is 1.65 bits per heavy atom. The molecule has 2 aromatic carbocycles. The normalized spacial score (nSPS) is 15.5. The van der Waals surface area contributed by atoms with Crippen LogP contribution in [-0.4, -0.2) is 41.1 Å². The van der Waals surface area contributed by atoms with E-state index < -0.39 is 46.5 Å². The number of likely N-dealkylation sites (tertiary alicyclic amines) is 1. The topological polar surface area (TPSA) is 70.7 Å². The second-order valence-corrected chi connectivity index (χ2v) is 9.05. The van der Waals surface area contributed by atoms with Crippen LogP contribution in [0.5, 0.6) is 0 Å². The Balaban J connectivity index is 1.76. The van der Waals surface area contributed by atoms with Crippen LogP contribution < -0.4 is 10.6 Å². The van der Waals surface area contributed by atoms with Crippen molar-refractivity contribution in [1.29, 1.82) is 0 Å². The van der Waals surface area contributed by atoms with Gasteiger partial charge in [0.05, 0.1) is 24.3 Å². The average Bonchev–Trinajstić information content (AvgIpc) is 2.67. The number of benzene rings is 2. The van der Waals surface area contributed by atoms with Crippen LogP contribution in [0.4, 0.5) is 32.4 Å². The molecule has 2 N–H and O–H groups in total. The molecule has 0 unspecified atom stereocenters. The molecule has 6 nitrogen and oxygen atoms in total. The Morgan fingerprint density at radius 3 is 2.18 bits per heavy atom. The minimum atomic E-state index is -4.48. The molecule has 1 heterocycles. The van der Waals surface area contributed by atoms with Gasteiger partial charge in [-0.2, -0.15) is 13.2 Å². The fourth-order valence-electron chi connectivity index (χ4n) is 3.31. The molecule has 2 amide bonds. The smallest absolute Gasteiger partial charge is 0.416 e. The fourth-order valence-corrected chi connectivity index (χ4v) is 3.31. The molecular formula is C23H24F5N3O3. The van der Waals surface area contributed by atoms with Crippen LogP contribution in [0.1, 0.15) is 31.9 Å². The molecule has 3 rings (SSSR count). The predicted octanol–water partition coefficient (Wildman–Crippen LogP) is 4.70. The highest BCUT2D eigenvalue weighted by atomic mass is 19.4. The molecule has 0 aliphatic carbocycles. The van der Waals surface area contributed by atoms with Crippen molar-refractivity contribution in [2.75, 3.05) is 18.4 Å². The zero-order valence-corrected chi connectivity index (χ0v) is 18.7. The number of alkyl halides is 3. The van der Waals surface area contributed by atoms with Gasteiger partial charge < -0.3 is 15.0 Å². The molecular weight excluding hydrogens is 461 g/mol. The van der Waals surface area contributed by atoms with Crippen LogP contribution in [0.25, 0.3) is 0 Å². The van der Waals surface area contributed by atoms with E-state index in [2.05, 4.69) is 10.6 Å². The summed E-state index contributed by atoms with van der Waals surface area (Å²) in [6, 6.07) is 7.05. The van der Waals surface area contributed by atoms with Crippen molar-refractivity contribution < 1.29 is 36.3 Å². The molecule has 0 saturated carbocycles. The van der Waals surface area contributed by atoms with Crippen molar-refractivity contribution in [2.45, 2.75) is 44.6 Å². The molecule has 0 aromatic heterocycles. The Bertz CT molecular complexity index is 1060. The van der Waals surface area contributed by atoms with E-state index >= 15 is 0 Å². The van der Waals surface area contributed by atoms with Crippen molar-refractivity contribution in [3.63, 3.8) is 0 Å². The maximum Gasteiger partial charge on any atom is 0.416 e. The fraction of sp³-hybridized carbons (Fsp3) is 0.391. The Labute approximate surface area is 193 Å². The van der Waals surface area contributed by atoms with Gasteiger partial charge in [-0.05, 0) is 50.6 Å².